The summed E-state index contributed by atoms with van der Waals surface area (Å²) in [6, 6.07) is 5.04. The van der Waals surface area contributed by atoms with E-state index in [2.05, 4.69) is 5.32 Å². The Hall–Kier alpha value is -1.84. The third kappa shape index (κ3) is 4.31. The molecule has 1 amide bonds. The third-order valence-electron chi connectivity index (χ3n) is 4.21. The molecular formula is C17H23NO3. The average molecular weight is 289 g/mol. The van der Waals surface area contributed by atoms with E-state index >= 15 is 0 Å². The Kier molecular flexibility index (Phi) is 5.37. The van der Waals surface area contributed by atoms with E-state index in [9.17, 15) is 9.59 Å². The van der Waals surface area contributed by atoms with Crippen LogP contribution in [-0.4, -0.2) is 17.0 Å². The highest BCUT2D eigenvalue weighted by Crippen LogP contribution is 2.24. The van der Waals surface area contributed by atoms with Crippen molar-refractivity contribution >= 4 is 17.6 Å². The molecule has 1 aromatic carbocycles. The van der Waals surface area contributed by atoms with Gasteiger partial charge in [0.2, 0.25) is 5.91 Å². The number of rotatable bonds is 3. The molecule has 1 aliphatic carbocycles. The smallest absolute Gasteiger partial charge is 0.336 e. The molecule has 0 unspecified atom stereocenters. The van der Waals surface area contributed by atoms with Gasteiger partial charge in [0.05, 0.1) is 5.56 Å². The lowest BCUT2D eigenvalue weighted by Gasteiger charge is -2.19. The first kappa shape index (κ1) is 15.5. The molecule has 0 saturated heterocycles. The van der Waals surface area contributed by atoms with Crippen LogP contribution in [-0.2, 0) is 4.79 Å². The van der Waals surface area contributed by atoms with E-state index in [1.807, 2.05) is 0 Å². The Morgan fingerprint density at radius 1 is 1.10 bits per heavy atom. The first-order chi connectivity index (χ1) is 10.1. The van der Waals surface area contributed by atoms with E-state index in [0.717, 1.165) is 25.7 Å². The second-order valence-corrected chi connectivity index (χ2v) is 5.87. The zero-order chi connectivity index (χ0) is 15.2. The molecule has 0 radical (unpaired) electrons. The number of aryl methyl sites for hydroxylation is 1. The number of carboxylic acids is 1. The molecule has 4 heteroatoms. The number of carbonyl (C=O) groups is 2. The molecule has 0 bridgehead atoms. The summed E-state index contributed by atoms with van der Waals surface area (Å²) in [7, 11) is 0. The Bertz CT molecular complexity index is 517. The van der Waals surface area contributed by atoms with Crippen LogP contribution < -0.4 is 5.32 Å². The second kappa shape index (κ2) is 7.25. The number of amides is 1. The maximum absolute atomic E-state index is 12.3. The number of anilines is 1. The Morgan fingerprint density at radius 2 is 1.71 bits per heavy atom. The van der Waals surface area contributed by atoms with Crippen LogP contribution in [0, 0.1) is 12.8 Å². The summed E-state index contributed by atoms with van der Waals surface area (Å²) in [5.41, 5.74) is 1.52. The Balaban J connectivity index is 2.04. The van der Waals surface area contributed by atoms with Crippen LogP contribution in [0.2, 0.25) is 0 Å². The van der Waals surface area contributed by atoms with E-state index < -0.39 is 5.97 Å². The normalized spacial score (nSPS) is 16.8. The maximum Gasteiger partial charge on any atom is 0.336 e. The molecule has 21 heavy (non-hydrogen) atoms. The van der Waals surface area contributed by atoms with Crippen molar-refractivity contribution in [3.8, 4) is 0 Å². The topological polar surface area (TPSA) is 66.4 Å². The number of carboxylic acid groups (broad SMARTS) is 1. The van der Waals surface area contributed by atoms with Gasteiger partial charge in [0.15, 0.2) is 0 Å². The van der Waals surface area contributed by atoms with Crippen LogP contribution in [0.1, 0.15) is 60.9 Å². The van der Waals surface area contributed by atoms with Crippen molar-refractivity contribution in [1.29, 1.82) is 0 Å². The van der Waals surface area contributed by atoms with Crippen molar-refractivity contribution < 1.29 is 14.7 Å². The first-order valence-electron chi connectivity index (χ1n) is 7.73. The summed E-state index contributed by atoms with van der Waals surface area (Å²) in [5, 5.41) is 12.0. The van der Waals surface area contributed by atoms with Gasteiger partial charge in [0.25, 0.3) is 0 Å². The molecule has 1 saturated carbocycles. The van der Waals surface area contributed by atoms with Crippen molar-refractivity contribution in [3.63, 3.8) is 0 Å². The quantitative estimate of drug-likeness (QED) is 0.884. The van der Waals surface area contributed by atoms with Crippen molar-refractivity contribution in [3.05, 3.63) is 29.3 Å². The second-order valence-electron chi connectivity index (χ2n) is 5.87. The van der Waals surface area contributed by atoms with Gasteiger partial charge in [-0.2, -0.15) is 0 Å². The molecule has 4 nitrogen and oxygen atoms in total. The number of hydrogen-bond acceptors (Lipinski definition) is 2. The molecular weight excluding hydrogens is 266 g/mol. The Labute approximate surface area is 125 Å². The minimum Gasteiger partial charge on any atom is -0.478 e. The zero-order valence-corrected chi connectivity index (χ0v) is 12.5. The largest absolute Gasteiger partial charge is 0.478 e. The molecule has 0 aliphatic heterocycles. The number of aromatic carboxylic acids is 1. The van der Waals surface area contributed by atoms with Crippen molar-refractivity contribution in [2.75, 3.05) is 5.32 Å². The standard InChI is InChI=1S/C17H23NO3/c1-12-9-10-14(11-15(12)17(20)21)18-16(19)13-7-5-3-2-4-6-8-13/h9-11,13H,2-8H2,1H3,(H,18,19)(H,20,21). The fourth-order valence-electron chi connectivity index (χ4n) is 2.89. The van der Waals surface area contributed by atoms with Crippen molar-refractivity contribution in [2.45, 2.75) is 51.9 Å². The van der Waals surface area contributed by atoms with Gasteiger partial charge in [-0.15, -0.1) is 0 Å². The van der Waals surface area contributed by atoms with Gasteiger partial charge in [0.1, 0.15) is 0 Å². The summed E-state index contributed by atoms with van der Waals surface area (Å²) < 4.78 is 0. The lowest BCUT2D eigenvalue weighted by Crippen LogP contribution is -2.23. The molecule has 1 aliphatic rings. The first-order valence-corrected chi connectivity index (χ1v) is 7.73. The highest BCUT2D eigenvalue weighted by molar-refractivity contribution is 5.95. The average Bonchev–Trinajstić information content (AvgIpc) is 2.40. The summed E-state index contributed by atoms with van der Waals surface area (Å²) in [6.07, 6.45) is 7.76. The summed E-state index contributed by atoms with van der Waals surface area (Å²) in [5.74, 6) is -0.883. The molecule has 0 spiro atoms. The summed E-state index contributed by atoms with van der Waals surface area (Å²) in [6.45, 7) is 1.75. The lowest BCUT2D eigenvalue weighted by atomic mass is 9.90. The number of hydrogen-bond donors (Lipinski definition) is 2. The van der Waals surface area contributed by atoms with Crippen LogP contribution in [0.15, 0.2) is 18.2 Å². The number of carbonyl (C=O) groups excluding carboxylic acids is 1. The van der Waals surface area contributed by atoms with Gasteiger partial charge in [-0.05, 0) is 37.5 Å². The fraction of sp³-hybridized carbons (Fsp3) is 0.529. The van der Waals surface area contributed by atoms with Crippen LogP contribution in [0.4, 0.5) is 5.69 Å². The molecule has 0 aromatic heterocycles. The number of nitrogens with one attached hydrogen (secondary N) is 1. The molecule has 0 heterocycles. The van der Waals surface area contributed by atoms with Crippen molar-refractivity contribution in [2.24, 2.45) is 5.92 Å². The molecule has 2 rings (SSSR count). The van der Waals surface area contributed by atoms with E-state index in [1.165, 1.54) is 19.3 Å². The monoisotopic (exact) mass is 289 g/mol. The van der Waals surface area contributed by atoms with E-state index in [4.69, 9.17) is 5.11 Å². The fourth-order valence-corrected chi connectivity index (χ4v) is 2.89. The van der Waals surface area contributed by atoms with E-state index in [0.29, 0.717) is 11.3 Å². The predicted molar refractivity (Wildman–Crippen MR) is 82.6 cm³/mol. The van der Waals surface area contributed by atoms with E-state index in [1.54, 1.807) is 25.1 Å². The minimum atomic E-state index is -0.963. The lowest BCUT2D eigenvalue weighted by molar-refractivity contribution is -0.120. The SMILES string of the molecule is Cc1ccc(NC(=O)C2CCCCCCC2)cc1C(=O)O. The molecule has 1 fully saturated rings. The predicted octanol–water partition coefficient (Wildman–Crippen LogP) is 3.99. The van der Waals surface area contributed by atoms with Gasteiger partial charge >= 0.3 is 5.97 Å². The summed E-state index contributed by atoms with van der Waals surface area (Å²) >= 11 is 0. The number of benzene rings is 1. The minimum absolute atomic E-state index is 0.0251. The van der Waals surface area contributed by atoms with Gasteiger partial charge < -0.3 is 10.4 Å². The third-order valence-corrected chi connectivity index (χ3v) is 4.21. The Morgan fingerprint density at radius 3 is 2.33 bits per heavy atom. The molecule has 1 aromatic rings. The van der Waals surface area contributed by atoms with Gasteiger partial charge in [-0.1, -0.05) is 38.2 Å². The van der Waals surface area contributed by atoms with Crippen LogP contribution >= 0.6 is 0 Å². The highest BCUT2D eigenvalue weighted by atomic mass is 16.4. The van der Waals surface area contributed by atoms with Crippen LogP contribution in [0.3, 0.4) is 0 Å². The van der Waals surface area contributed by atoms with E-state index in [-0.39, 0.29) is 17.4 Å². The van der Waals surface area contributed by atoms with Gasteiger partial charge in [-0.3, -0.25) is 4.79 Å². The van der Waals surface area contributed by atoms with Crippen LogP contribution in [0.5, 0.6) is 0 Å². The zero-order valence-electron chi connectivity index (χ0n) is 12.5. The maximum atomic E-state index is 12.3. The molecule has 114 valence electrons. The molecule has 0 atom stereocenters. The highest BCUT2D eigenvalue weighted by Gasteiger charge is 2.20. The van der Waals surface area contributed by atoms with Gasteiger partial charge in [0, 0.05) is 11.6 Å². The van der Waals surface area contributed by atoms with Gasteiger partial charge in [-0.25, -0.2) is 4.79 Å². The van der Waals surface area contributed by atoms with Crippen LogP contribution in [0.25, 0.3) is 0 Å². The summed E-state index contributed by atoms with van der Waals surface area (Å²) in [4.78, 5) is 23.5. The molecule has 2 N–H and O–H groups in total. The van der Waals surface area contributed by atoms with Crippen molar-refractivity contribution in [1.82, 2.24) is 0 Å².